The highest BCUT2D eigenvalue weighted by molar-refractivity contribution is 5.87. The number of aromatic nitrogens is 2. The van der Waals surface area contributed by atoms with Crippen LogP contribution < -0.4 is 0 Å². The molecular formula is C9H12N2O2. The molecule has 0 saturated heterocycles. The summed E-state index contributed by atoms with van der Waals surface area (Å²) in [5, 5.41) is 4.16. The van der Waals surface area contributed by atoms with E-state index in [9.17, 15) is 4.79 Å². The number of rotatable bonds is 1. The number of carbonyl (C=O) groups excluding carboxylic acids is 1. The maximum Gasteiger partial charge on any atom is 0.358 e. The summed E-state index contributed by atoms with van der Waals surface area (Å²) >= 11 is 0. The van der Waals surface area contributed by atoms with Crippen LogP contribution in [0.2, 0.25) is 0 Å². The first-order chi connectivity index (χ1) is 6.31. The van der Waals surface area contributed by atoms with Crippen molar-refractivity contribution in [3.05, 3.63) is 17.5 Å². The second kappa shape index (κ2) is 3.20. The number of esters is 1. The van der Waals surface area contributed by atoms with Crippen molar-refractivity contribution in [2.75, 3.05) is 7.11 Å². The molecule has 1 aromatic heterocycles. The van der Waals surface area contributed by atoms with Crippen molar-refractivity contribution < 1.29 is 9.53 Å². The second-order valence-electron chi connectivity index (χ2n) is 3.19. The Hall–Kier alpha value is -1.32. The number of hydrogen-bond acceptors (Lipinski definition) is 3. The fourth-order valence-electron chi connectivity index (χ4n) is 1.62. The van der Waals surface area contributed by atoms with Gasteiger partial charge in [0.25, 0.3) is 0 Å². The largest absolute Gasteiger partial charge is 0.464 e. The van der Waals surface area contributed by atoms with Crippen LogP contribution in [-0.4, -0.2) is 22.9 Å². The zero-order valence-electron chi connectivity index (χ0n) is 7.62. The van der Waals surface area contributed by atoms with Gasteiger partial charge in [-0.15, -0.1) is 0 Å². The zero-order valence-corrected chi connectivity index (χ0v) is 7.62. The molecule has 0 atom stereocenters. The number of ether oxygens (including phenoxy) is 1. The molecule has 0 saturated carbocycles. The third kappa shape index (κ3) is 1.43. The summed E-state index contributed by atoms with van der Waals surface area (Å²) in [5.74, 6) is -0.345. The Morgan fingerprint density at radius 2 is 2.46 bits per heavy atom. The lowest BCUT2D eigenvalue weighted by Gasteiger charge is -2.11. The number of aryl methyl sites for hydroxylation is 2. The molecule has 0 aliphatic carbocycles. The first-order valence-corrected chi connectivity index (χ1v) is 4.46. The standard InChI is InChI=1S/C9H12N2O2/c1-13-9(12)8-6-7-4-2-3-5-11(7)10-8/h6H,2-5H2,1H3. The van der Waals surface area contributed by atoms with Gasteiger partial charge in [-0.05, 0) is 25.3 Å². The molecule has 13 heavy (non-hydrogen) atoms. The zero-order chi connectivity index (χ0) is 9.26. The molecule has 1 aliphatic rings. The highest BCUT2D eigenvalue weighted by atomic mass is 16.5. The van der Waals surface area contributed by atoms with Crippen molar-refractivity contribution in [2.24, 2.45) is 0 Å². The minimum absolute atomic E-state index is 0.345. The molecule has 2 rings (SSSR count). The lowest BCUT2D eigenvalue weighted by Crippen LogP contribution is -2.11. The third-order valence-corrected chi connectivity index (χ3v) is 2.31. The Morgan fingerprint density at radius 3 is 3.15 bits per heavy atom. The van der Waals surface area contributed by atoms with Gasteiger partial charge in [0.1, 0.15) is 0 Å². The van der Waals surface area contributed by atoms with Crippen LogP contribution in [0, 0.1) is 0 Å². The van der Waals surface area contributed by atoms with Crippen molar-refractivity contribution in [1.82, 2.24) is 9.78 Å². The van der Waals surface area contributed by atoms with Crippen LogP contribution in [0.4, 0.5) is 0 Å². The van der Waals surface area contributed by atoms with Crippen LogP contribution in [0.5, 0.6) is 0 Å². The molecule has 0 amide bonds. The van der Waals surface area contributed by atoms with Crippen LogP contribution in [0.1, 0.15) is 29.0 Å². The van der Waals surface area contributed by atoms with Gasteiger partial charge in [-0.2, -0.15) is 5.10 Å². The van der Waals surface area contributed by atoms with E-state index >= 15 is 0 Å². The van der Waals surface area contributed by atoms with Crippen LogP contribution in [0.25, 0.3) is 0 Å². The Balaban J connectivity index is 2.30. The summed E-state index contributed by atoms with van der Waals surface area (Å²) in [7, 11) is 1.38. The molecular weight excluding hydrogens is 168 g/mol. The fraction of sp³-hybridized carbons (Fsp3) is 0.556. The lowest BCUT2D eigenvalue weighted by atomic mass is 10.1. The molecule has 1 aliphatic heterocycles. The summed E-state index contributed by atoms with van der Waals surface area (Å²) < 4.78 is 6.50. The molecule has 0 N–H and O–H groups in total. The molecule has 1 aromatic rings. The van der Waals surface area contributed by atoms with Crippen LogP contribution in [0.15, 0.2) is 6.07 Å². The Morgan fingerprint density at radius 1 is 1.62 bits per heavy atom. The number of nitrogens with zero attached hydrogens (tertiary/aromatic N) is 2. The first-order valence-electron chi connectivity index (χ1n) is 4.46. The molecule has 0 unspecified atom stereocenters. The number of methoxy groups -OCH3 is 1. The van der Waals surface area contributed by atoms with E-state index in [1.165, 1.54) is 13.5 Å². The highest BCUT2D eigenvalue weighted by Gasteiger charge is 2.16. The minimum atomic E-state index is -0.345. The number of hydrogen-bond donors (Lipinski definition) is 0. The van der Waals surface area contributed by atoms with Crippen molar-refractivity contribution >= 4 is 5.97 Å². The van der Waals surface area contributed by atoms with Gasteiger partial charge in [-0.3, -0.25) is 4.68 Å². The molecule has 4 nitrogen and oxygen atoms in total. The van der Waals surface area contributed by atoms with Crippen molar-refractivity contribution in [3.63, 3.8) is 0 Å². The summed E-state index contributed by atoms with van der Waals surface area (Å²) in [6.45, 7) is 0.923. The first kappa shape index (κ1) is 8.29. The summed E-state index contributed by atoms with van der Waals surface area (Å²) in [6.07, 6.45) is 3.35. The molecule has 0 radical (unpaired) electrons. The van der Waals surface area contributed by atoms with E-state index in [2.05, 4.69) is 9.84 Å². The van der Waals surface area contributed by atoms with Gasteiger partial charge >= 0.3 is 5.97 Å². The van der Waals surface area contributed by atoms with E-state index in [-0.39, 0.29) is 5.97 Å². The maximum absolute atomic E-state index is 11.1. The average molecular weight is 180 g/mol. The van der Waals surface area contributed by atoms with Crippen molar-refractivity contribution in [1.29, 1.82) is 0 Å². The van der Waals surface area contributed by atoms with Gasteiger partial charge in [0.05, 0.1) is 7.11 Å². The van der Waals surface area contributed by atoms with Crippen LogP contribution in [-0.2, 0) is 17.7 Å². The van der Waals surface area contributed by atoms with Gasteiger partial charge in [0.15, 0.2) is 5.69 Å². The maximum atomic E-state index is 11.1. The molecule has 0 bridgehead atoms. The summed E-state index contributed by atoms with van der Waals surface area (Å²) in [6, 6.07) is 1.82. The van der Waals surface area contributed by atoms with Crippen LogP contribution in [0.3, 0.4) is 0 Å². The molecule has 0 spiro atoms. The third-order valence-electron chi connectivity index (χ3n) is 2.31. The number of fused-ring (bicyclic) bond motifs is 1. The summed E-state index contributed by atoms with van der Waals surface area (Å²) in [4.78, 5) is 11.1. The van der Waals surface area contributed by atoms with E-state index in [0.29, 0.717) is 5.69 Å². The Bertz CT molecular complexity index is 307. The molecule has 70 valence electrons. The molecule has 0 aromatic carbocycles. The van der Waals surface area contributed by atoms with Crippen molar-refractivity contribution in [2.45, 2.75) is 25.8 Å². The lowest BCUT2D eigenvalue weighted by molar-refractivity contribution is 0.0593. The fourth-order valence-corrected chi connectivity index (χ4v) is 1.62. The van der Waals surface area contributed by atoms with Gasteiger partial charge in [-0.25, -0.2) is 4.79 Å². The molecule has 4 heteroatoms. The summed E-state index contributed by atoms with van der Waals surface area (Å²) in [5.41, 5.74) is 1.58. The SMILES string of the molecule is COC(=O)c1cc2n(n1)CCCC2. The normalized spacial score (nSPS) is 15.2. The number of carbonyl (C=O) groups is 1. The predicted octanol–water partition coefficient (Wildman–Crippen LogP) is 1.01. The molecule has 0 fully saturated rings. The smallest absolute Gasteiger partial charge is 0.358 e. The molecule has 2 heterocycles. The van der Waals surface area contributed by atoms with E-state index < -0.39 is 0 Å². The Kier molecular flexibility index (Phi) is 2.04. The van der Waals surface area contributed by atoms with E-state index in [0.717, 1.165) is 25.1 Å². The Labute approximate surface area is 76.5 Å². The second-order valence-corrected chi connectivity index (χ2v) is 3.19. The average Bonchev–Trinajstić information content (AvgIpc) is 2.59. The predicted molar refractivity (Wildman–Crippen MR) is 46.5 cm³/mol. The monoisotopic (exact) mass is 180 g/mol. The van der Waals surface area contributed by atoms with Crippen LogP contribution >= 0.6 is 0 Å². The van der Waals surface area contributed by atoms with E-state index in [1.807, 2.05) is 10.7 Å². The van der Waals surface area contributed by atoms with Gasteiger partial charge in [-0.1, -0.05) is 0 Å². The van der Waals surface area contributed by atoms with Crippen molar-refractivity contribution in [3.8, 4) is 0 Å². The van der Waals surface area contributed by atoms with Gasteiger partial charge < -0.3 is 4.74 Å². The van der Waals surface area contributed by atoms with Gasteiger partial charge in [0, 0.05) is 12.2 Å². The topological polar surface area (TPSA) is 44.1 Å². The quantitative estimate of drug-likeness (QED) is 0.606. The highest BCUT2D eigenvalue weighted by Crippen LogP contribution is 2.15. The van der Waals surface area contributed by atoms with E-state index in [1.54, 1.807) is 0 Å². The minimum Gasteiger partial charge on any atom is -0.464 e. The van der Waals surface area contributed by atoms with E-state index in [4.69, 9.17) is 0 Å². The van der Waals surface area contributed by atoms with Gasteiger partial charge in [0.2, 0.25) is 0 Å².